The van der Waals surface area contributed by atoms with Crippen LogP contribution in [0.4, 0.5) is 0 Å². The first-order chi connectivity index (χ1) is 10.7. The van der Waals surface area contributed by atoms with Crippen molar-refractivity contribution in [1.29, 1.82) is 0 Å². The van der Waals surface area contributed by atoms with E-state index in [1.54, 1.807) is 13.3 Å². The maximum absolute atomic E-state index is 12.2. The SMILES string of the molecule is CCCCC(=O)NC(c1cccc(OC)c1)c1nccn1C. The number of hydrogen-bond acceptors (Lipinski definition) is 3. The summed E-state index contributed by atoms with van der Waals surface area (Å²) in [6.07, 6.45) is 6.03. The molecule has 1 amide bonds. The number of ether oxygens (including phenoxy) is 1. The van der Waals surface area contributed by atoms with Crippen molar-refractivity contribution in [2.45, 2.75) is 32.2 Å². The van der Waals surface area contributed by atoms with E-state index in [9.17, 15) is 4.79 Å². The number of amides is 1. The summed E-state index contributed by atoms with van der Waals surface area (Å²) in [6, 6.07) is 7.43. The molecular weight excluding hydrogens is 278 g/mol. The molecule has 0 bridgehead atoms. The fourth-order valence-electron chi connectivity index (χ4n) is 2.34. The van der Waals surface area contributed by atoms with E-state index in [1.807, 2.05) is 42.1 Å². The lowest BCUT2D eigenvalue weighted by molar-refractivity contribution is -0.121. The first kappa shape index (κ1) is 16.1. The molecule has 2 aromatic rings. The average Bonchev–Trinajstić information content (AvgIpc) is 2.96. The second-order valence-electron chi connectivity index (χ2n) is 5.28. The van der Waals surface area contributed by atoms with Crippen LogP contribution in [-0.4, -0.2) is 22.6 Å². The summed E-state index contributed by atoms with van der Waals surface area (Å²) in [6.45, 7) is 2.07. The van der Waals surface area contributed by atoms with Crippen molar-refractivity contribution in [3.63, 3.8) is 0 Å². The fraction of sp³-hybridized carbons (Fsp3) is 0.412. The van der Waals surface area contributed by atoms with Gasteiger partial charge >= 0.3 is 0 Å². The Morgan fingerprint density at radius 3 is 2.91 bits per heavy atom. The number of nitrogens with one attached hydrogen (secondary N) is 1. The number of carbonyl (C=O) groups is 1. The van der Waals surface area contributed by atoms with Gasteiger partial charge in [0.1, 0.15) is 17.6 Å². The van der Waals surface area contributed by atoms with Gasteiger partial charge in [-0.1, -0.05) is 25.5 Å². The van der Waals surface area contributed by atoms with Crippen LogP contribution < -0.4 is 10.1 Å². The standard InChI is InChI=1S/C17H23N3O2/c1-4-5-9-15(21)19-16(17-18-10-11-20(17)2)13-7-6-8-14(12-13)22-3/h6-8,10-12,16H,4-5,9H2,1-3H3,(H,19,21). The maximum atomic E-state index is 12.2. The third kappa shape index (κ3) is 3.87. The van der Waals surface area contributed by atoms with Crippen molar-refractivity contribution in [3.05, 3.63) is 48.0 Å². The lowest BCUT2D eigenvalue weighted by atomic mass is 10.1. The molecule has 5 nitrogen and oxygen atoms in total. The van der Waals surface area contributed by atoms with Crippen LogP contribution in [0.1, 0.15) is 43.6 Å². The number of unbranched alkanes of at least 4 members (excludes halogenated alkanes) is 1. The minimum atomic E-state index is -0.278. The van der Waals surface area contributed by atoms with Crippen LogP contribution in [0.15, 0.2) is 36.7 Å². The van der Waals surface area contributed by atoms with Gasteiger partial charge in [-0.15, -0.1) is 0 Å². The molecule has 1 aromatic heterocycles. The molecule has 2 rings (SSSR count). The Bertz CT molecular complexity index is 622. The minimum Gasteiger partial charge on any atom is -0.497 e. The van der Waals surface area contributed by atoms with Gasteiger partial charge in [-0.3, -0.25) is 4.79 Å². The fourth-order valence-corrected chi connectivity index (χ4v) is 2.34. The van der Waals surface area contributed by atoms with Gasteiger partial charge in [0.15, 0.2) is 0 Å². The number of aryl methyl sites for hydroxylation is 1. The van der Waals surface area contributed by atoms with Gasteiger partial charge in [0.2, 0.25) is 5.91 Å². The van der Waals surface area contributed by atoms with Crippen molar-refractivity contribution in [1.82, 2.24) is 14.9 Å². The zero-order chi connectivity index (χ0) is 15.9. The molecule has 0 aliphatic carbocycles. The summed E-state index contributed by atoms with van der Waals surface area (Å²) in [7, 11) is 3.56. The van der Waals surface area contributed by atoms with Gasteiger partial charge < -0.3 is 14.6 Å². The van der Waals surface area contributed by atoms with E-state index in [0.29, 0.717) is 6.42 Å². The van der Waals surface area contributed by atoms with Crippen LogP contribution in [0.25, 0.3) is 0 Å². The smallest absolute Gasteiger partial charge is 0.220 e. The minimum absolute atomic E-state index is 0.0395. The Balaban J connectivity index is 2.29. The van der Waals surface area contributed by atoms with Gasteiger partial charge in [-0.2, -0.15) is 0 Å². The number of aromatic nitrogens is 2. The predicted octanol–water partition coefficient (Wildman–Crippen LogP) is 2.82. The number of benzene rings is 1. The maximum Gasteiger partial charge on any atom is 0.220 e. The topological polar surface area (TPSA) is 56.1 Å². The molecule has 0 aliphatic heterocycles. The monoisotopic (exact) mass is 301 g/mol. The van der Waals surface area contributed by atoms with E-state index < -0.39 is 0 Å². The van der Waals surface area contributed by atoms with E-state index in [0.717, 1.165) is 30.0 Å². The van der Waals surface area contributed by atoms with Crippen LogP contribution >= 0.6 is 0 Å². The van der Waals surface area contributed by atoms with E-state index in [-0.39, 0.29) is 11.9 Å². The number of rotatable bonds is 7. The average molecular weight is 301 g/mol. The largest absolute Gasteiger partial charge is 0.497 e. The highest BCUT2D eigenvalue weighted by Crippen LogP contribution is 2.24. The number of hydrogen-bond donors (Lipinski definition) is 1. The molecule has 0 aliphatic rings. The summed E-state index contributed by atoms with van der Waals surface area (Å²) >= 11 is 0. The molecule has 0 saturated carbocycles. The highest BCUT2D eigenvalue weighted by atomic mass is 16.5. The molecular formula is C17H23N3O2. The van der Waals surface area contributed by atoms with Crippen molar-refractivity contribution in [2.24, 2.45) is 7.05 Å². The third-order valence-corrected chi connectivity index (χ3v) is 3.61. The molecule has 0 spiro atoms. The van der Waals surface area contributed by atoms with Crippen molar-refractivity contribution >= 4 is 5.91 Å². The highest BCUT2D eigenvalue weighted by molar-refractivity contribution is 5.76. The van der Waals surface area contributed by atoms with Gasteiger partial charge in [-0.25, -0.2) is 4.98 Å². The summed E-state index contributed by atoms with van der Waals surface area (Å²) in [5, 5.41) is 3.08. The first-order valence-corrected chi connectivity index (χ1v) is 7.56. The Hall–Kier alpha value is -2.30. The van der Waals surface area contributed by atoms with Crippen LogP contribution in [-0.2, 0) is 11.8 Å². The van der Waals surface area contributed by atoms with Crippen LogP contribution in [0.5, 0.6) is 5.75 Å². The van der Waals surface area contributed by atoms with Gasteiger partial charge in [0.05, 0.1) is 7.11 Å². The quantitative estimate of drug-likeness (QED) is 0.855. The predicted molar refractivity (Wildman–Crippen MR) is 85.7 cm³/mol. The van der Waals surface area contributed by atoms with Gasteiger partial charge in [0.25, 0.3) is 0 Å². The molecule has 118 valence electrons. The highest BCUT2D eigenvalue weighted by Gasteiger charge is 2.20. The van der Waals surface area contributed by atoms with Gasteiger partial charge in [0, 0.05) is 25.9 Å². The first-order valence-electron chi connectivity index (χ1n) is 7.56. The van der Waals surface area contributed by atoms with E-state index in [1.165, 1.54) is 0 Å². The lowest BCUT2D eigenvalue weighted by Gasteiger charge is -2.19. The zero-order valence-electron chi connectivity index (χ0n) is 13.4. The lowest BCUT2D eigenvalue weighted by Crippen LogP contribution is -2.30. The second kappa shape index (κ2) is 7.64. The molecule has 1 atom stereocenters. The van der Waals surface area contributed by atoms with Gasteiger partial charge in [-0.05, 0) is 24.1 Å². The molecule has 1 N–H and O–H groups in total. The molecule has 22 heavy (non-hydrogen) atoms. The Labute approximate surface area is 131 Å². The molecule has 5 heteroatoms. The molecule has 0 saturated heterocycles. The Kier molecular flexibility index (Phi) is 5.58. The van der Waals surface area contributed by atoms with E-state index in [4.69, 9.17) is 4.74 Å². The van der Waals surface area contributed by atoms with Crippen LogP contribution in [0.3, 0.4) is 0 Å². The normalized spacial score (nSPS) is 12.0. The van der Waals surface area contributed by atoms with E-state index >= 15 is 0 Å². The molecule has 1 aromatic carbocycles. The van der Waals surface area contributed by atoms with Crippen molar-refractivity contribution in [2.75, 3.05) is 7.11 Å². The number of carbonyl (C=O) groups excluding carboxylic acids is 1. The van der Waals surface area contributed by atoms with Crippen molar-refractivity contribution in [3.8, 4) is 5.75 Å². The molecule has 1 unspecified atom stereocenters. The summed E-state index contributed by atoms with van der Waals surface area (Å²) in [4.78, 5) is 16.6. The Morgan fingerprint density at radius 1 is 1.45 bits per heavy atom. The molecule has 0 radical (unpaired) electrons. The third-order valence-electron chi connectivity index (χ3n) is 3.61. The van der Waals surface area contributed by atoms with Crippen LogP contribution in [0, 0.1) is 0 Å². The van der Waals surface area contributed by atoms with Crippen molar-refractivity contribution < 1.29 is 9.53 Å². The number of methoxy groups -OCH3 is 1. The van der Waals surface area contributed by atoms with E-state index in [2.05, 4.69) is 17.2 Å². The summed E-state index contributed by atoms with van der Waals surface area (Å²) < 4.78 is 7.20. The zero-order valence-corrected chi connectivity index (χ0v) is 13.4. The number of nitrogens with zero attached hydrogens (tertiary/aromatic N) is 2. The summed E-state index contributed by atoms with van der Waals surface area (Å²) in [5.74, 6) is 1.61. The second-order valence-corrected chi connectivity index (χ2v) is 5.28. The summed E-state index contributed by atoms with van der Waals surface area (Å²) in [5.41, 5.74) is 0.957. The molecule has 0 fully saturated rings. The Morgan fingerprint density at radius 2 is 2.27 bits per heavy atom. The van der Waals surface area contributed by atoms with Crippen LogP contribution in [0.2, 0.25) is 0 Å². The molecule has 1 heterocycles. The number of imidazole rings is 1.